The van der Waals surface area contributed by atoms with Gasteiger partial charge in [0.05, 0.1) is 0 Å². The van der Waals surface area contributed by atoms with Crippen LogP contribution < -0.4 is 4.72 Å². The molecule has 0 aliphatic carbocycles. The molecule has 1 aliphatic heterocycles. The van der Waals surface area contributed by atoms with E-state index in [2.05, 4.69) is 9.71 Å². The number of sulfonamides is 1. The summed E-state index contributed by atoms with van der Waals surface area (Å²) in [5.74, 6) is 0.0702. The van der Waals surface area contributed by atoms with Gasteiger partial charge in [-0.2, -0.15) is 0 Å². The summed E-state index contributed by atoms with van der Waals surface area (Å²) in [6, 6.07) is 8.57. The lowest BCUT2D eigenvalue weighted by Crippen LogP contribution is -2.38. The number of benzene rings is 1. The van der Waals surface area contributed by atoms with Gasteiger partial charge in [0.1, 0.15) is 4.90 Å². The van der Waals surface area contributed by atoms with Gasteiger partial charge < -0.3 is 4.90 Å². The van der Waals surface area contributed by atoms with E-state index in [0.717, 1.165) is 17.5 Å². The summed E-state index contributed by atoms with van der Waals surface area (Å²) in [6.07, 6.45) is 3.62. The zero-order valence-corrected chi connectivity index (χ0v) is 15.1. The van der Waals surface area contributed by atoms with Gasteiger partial charge in [0, 0.05) is 37.1 Å². The zero-order valence-electron chi connectivity index (χ0n) is 14.3. The van der Waals surface area contributed by atoms with Crippen molar-refractivity contribution in [3.8, 4) is 0 Å². The molecule has 0 fully saturated rings. The second-order valence-corrected chi connectivity index (χ2v) is 8.12. The van der Waals surface area contributed by atoms with Crippen molar-refractivity contribution in [3.63, 3.8) is 0 Å². The Labute approximate surface area is 147 Å². The fourth-order valence-electron chi connectivity index (χ4n) is 2.89. The Hall–Kier alpha value is -2.41. The zero-order chi connectivity index (χ0) is 18.0. The Morgan fingerprint density at radius 3 is 2.72 bits per heavy atom. The van der Waals surface area contributed by atoms with Crippen molar-refractivity contribution in [1.29, 1.82) is 0 Å². The molecule has 1 aliphatic rings. The van der Waals surface area contributed by atoms with E-state index >= 15 is 0 Å². The first-order chi connectivity index (χ1) is 11.9. The summed E-state index contributed by atoms with van der Waals surface area (Å²) in [4.78, 5) is 18.0. The minimum atomic E-state index is -3.68. The lowest BCUT2D eigenvalue weighted by molar-refractivity contribution is -0.135. The number of rotatable bonds is 4. The summed E-state index contributed by atoms with van der Waals surface area (Å²) in [7, 11) is -3.68. The van der Waals surface area contributed by atoms with Crippen LogP contribution in [0.3, 0.4) is 0 Å². The van der Waals surface area contributed by atoms with Crippen LogP contribution in [0.2, 0.25) is 0 Å². The number of amides is 1. The molecule has 0 saturated carbocycles. The molecule has 2 aromatic rings. The van der Waals surface area contributed by atoms with Crippen molar-refractivity contribution in [1.82, 2.24) is 9.88 Å². The fourth-order valence-corrected chi connectivity index (χ4v) is 3.91. The number of hydrogen-bond donors (Lipinski definition) is 1. The number of hydrogen-bond acceptors (Lipinski definition) is 4. The molecule has 6 nitrogen and oxygen atoms in total. The van der Waals surface area contributed by atoms with E-state index in [0.29, 0.717) is 18.8 Å². The average molecular weight is 359 g/mol. The van der Waals surface area contributed by atoms with Crippen LogP contribution in [-0.4, -0.2) is 30.8 Å². The summed E-state index contributed by atoms with van der Waals surface area (Å²) >= 11 is 0. The monoisotopic (exact) mass is 359 g/mol. The number of nitrogens with one attached hydrogen (secondary N) is 1. The number of aromatic nitrogens is 1. The van der Waals surface area contributed by atoms with E-state index in [-0.39, 0.29) is 16.7 Å². The maximum Gasteiger partial charge on any atom is 0.263 e. The molecule has 0 atom stereocenters. The molecule has 3 rings (SSSR count). The molecule has 25 heavy (non-hydrogen) atoms. The van der Waals surface area contributed by atoms with Crippen LogP contribution in [0.1, 0.15) is 25.0 Å². The SMILES string of the molecule is CC(C)C(=O)N1CCc2ccc(NS(=O)(=O)c3cccnc3)cc2C1. The number of carbonyl (C=O) groups is 1. The number of pyridine rings is 1. The van der Waals surface area contributed by atoms with Crippen molar-refractivity contribution in [2.24, 2.45) is 5.92 Å². The highest BCUT2D eigenvalue weighted by Gasteiger charge is 2.23. The third-order valence-corrected chi connectivity index (χ3v) is 5.59. The van der Waals surface area contributed by atoms with Gasteiger partial charge in [-0.3, -0.25) is 14.5 Å². The van der Waals surface area contributed by atoms with Crippen molar-refractivity contribution >= 4 is 21.6 Å². The van der Waals surface area contributed by atoms with Gasteiger partial charge in [-0.1, -0.05) is 19.9 Å². The van der Waals surface area contributed by atoms with E-state index in [9.17, 15) is 13.2 Å². The first-order valence-corrected chi connectivity index (χ1v) is 9.68. The van der Waals surface area contributed by atoms with Crippen LogP contribution in [0, 0.1) is 5.92 Å². The summed E-state index contributed by atoms with van der Waals surface area (Å²) < 4.78 is 27.4. The third-order valence-electron chi connectivity index (χ3n) is 4.22. The Bertz CT molecular complexity index is 880. The number of carbonyl (C=O) groups excluding carboxylic acids is 1. The predicted molar refractivity (Wildman–Crippen MR) is 95.4 cm³/mol. The van der Waals surface area contributed by atoms with Gasteiger partial charge in [-0.05, 0) is 41.8 Å². The van der Waals surface area contributed by atoms with Gasteiger partial charge in [0.25, 0.3) is 10.0 Å². The van der Waals surface area contributed by atoms with E-state index in [1.54, 1.807) is 12.1 Å². The van der Waals surface area contributed by atoms with Crippen LogP contribution in [0.15, 0.2) is 47.6 Å². The van der Waals surface area contributed by atoms with Crippen LogP contribution >= 0.6 is 0 Å². The topological polar surface area (TPSA) is 79.4 Å². The summed E-state index contributed by atoms with van der Waals surface area (Å²) in [5.41, 5.74) is 2.62. The molecule has 0 spiro atoms. The van der Waals surface area contributed by atoms with Crippen LogP contribution in [0.5, 0.6) is 0 Å². The van der Waals surface area contributed by atoms with Crippen LogP contribution in [0.25, 0.3) is 0 Å². The van der Waals surface area contributed by atoms with E-state index < -0.39 is 10.0 Å². The molecule has 0 saturated heterocycles. The molecule has 1 amide bonds. The quantitative estimate of drug-likeness (QED) is 0.909. The lowest BCUT2D eigenvalue weighted by atomic mass is 9.98. The highest BCUT2D eigenvalue weighted by molar-refractivity contribution is 7.92. The van der Waals surface area contributed by atoms with E-state index in [1.807, 2.05) is 30.9 Å². The van der Waals surface area contributed by atoms with Crippen molar-refractivity contribution in [2.45, 2.75) is 31.7 Å². The second-order valence-electron chi connectivity index (χ2n) is 6.44. The molecule has 2 heterocycles. The standard InChI is InChI=1S/C18H21N3O3S/c1-13(2)18(22)21-9-7-14-5-6-16(10-15(14)12-21)20-25(23,24)17-4-3-8-19-11-17/h3-6,8,10-11,13,20H,7,9,12H2,1-2H3. The minimum Gasteiger partial charge on any atom is -0.338 e. The first-order valence-electron chi connectivity index (χ1n) is 8.20. The van der Waals surface area contributed by atoms with Crippen molar-refractivity contribution in [3.05, 3.63) is 53.9 Å². The molecule has 0 radical (unpaired) electrons. The third kappa shape index (κ3) is 3.82. The highest BCUT2D eigenvalue weighted by atomic mass is 32.2. The largest absolute Gasteiger partial charge is 0.338 e. The van der Waals surface area contributed by atoms with Gasteiger partial charge in [0.15, 0.2) is 0 Å². The normalized spacial score (nSPS) is 14.3. The molecular formula is C18H21N3O3S. The highest BCUT2D eigenvalue weighted by Crippen LogP contribution is 2.25. The van der Waals surface area contributed by atoms with Gasteiger partial charge in [-0.15, -0.1) is 0 Å². The Morgan fingerprint density at radius 2 is 2.04 bits per heavy atom. The summed E-state index contributed by atoms with van der Waals surface area (Å²) in [5, 5.41) is 0. The number of anilines is 1. The van der Waals surface area contributed by atoms with Gasteiger partial charge in [-0.25, -0.2) is 8.42 Å². The second kappa shape index (κ2) is 6.84. The molecule has 132 valence electrons. The Morgan fingerprint density at radius 1 is 1.24 bits per heavy atom. The number of fused-ring (bicyclic) bond motifs is 1. The lowest BCUT2D eigenvalue weighted by Gasteiger charge is -2.30. The molecule has 1 aromatic carbocycles. The molecular weight excluding hydrogens is 338 g/mol. The van der Waals surface area contributed by atoms with Crippen molar-refractivity contribution in [2.75, 3.05) is 11.3 Å². The van der Waals surface area contributed by atoms with Gasteiger partial charge in [0.2, 0.25) is 5.91 Å². The number of nitrogens with zero attached hydrogens (tertiary/aromatic N) is 2. The predicted octanol–water partition coefficient (Wildman–Crippen LogP) is 2.42. The maximum absolute atomic E-state index is 12.4. The Balaban J connectivity index is 1.82. The van der Waals surface area contributed by atoms with Crippen molar-refractivity contribution < 1.29 is 13.2 Å². The van der Waals surface area contributed by atoms with Crippen LogP contribution in [-0.2, 0) is 27.8 Å². The molecule has 1 aromatic heterocycles. The molecule has 0 unspecified atom stereocenters. The first kappa shape index (κ1) is 17.4. The maximum atomic E-state index is 12.4. The van der Waals surface area contributed by atoms with E-state index in [4.69, 9.17) is 0 Å². The van der Waals surface area contributed by atoms with Gasteiger partial charge >= 0.3 is 0 Å². The minimum absolute atomic E-state index is 0.0474. The smallest absolute Gasteiger partial charge is 0.263 e. The van der Waals surface area contributed by atoms with E-state index in [1.165, 1.54) is 18.5 Å². The Kier molecular flexibility index (Phi) is 4.76. The summed E-state index contributed by atoms with van der Waals surface area (Å²) in [6.45, 7) is 4.98. The average Bonchev–Trinajstić information content (AvgIpc) is 2.60. The molecule has 1 N–H and O–H groups in total. The molecule has 7 heteroatoms. The molecule has 0 bridgehead atoms. The van der Waals surface area contributed by atoms with Crippen LogP contribution in [0.4, 0.5) is 5.69 Å². The fraction of sp³-hybridized carbons (Fsp3) is 0.333.